The van der Waals surface area contributed by atoms with Crippen LogP contribution in [-0.2, 0) is 23.7 Å². The van der Waals surface area contributed by atoms with Crippen LogP contribution >= 0.6 is 11.8 Å². The first-order chi connectivity index (χ1) is 17.0. The summed E-state index contributed by atoms with van der Waals surface area (Å²) in [5.74, 6) is -0.0892. The van der Waals surface area contributed by atoms with E-state index < -0.39 is 35.1 Å². The smallest absolute Gasteiger partial charge is 0.416 e. The molecule has 36 heavy (non-hydrogen) atoms. The minimum absolute atomic E-state index is 0.00731. The highest BCUT2D eigenvalue weighted by Gasteiger charge is 2.37. The highest BCUT2D eigenvalue weighted by molar-refractivity contribution is 7.99. The molecule has 0 saturated heterocycles. The minimum Gasteiger partial charge on any atom is -0.467 e. The van der Waals surface area contributed by atoms with Gasteiger partial charge in [-0.15, -0.1) is 10.2 Å². The third-order valence-electron chi connectivity index (χ3n) is 4.85. The standard InChI is InChI=1S/C23H16F6N4O2S/c24-22(25,26)15-9-16(23(27,28)29)11-17(10-15)30-19(34)13-36-21-32-31-20(14-5-2-1-3-6-14)33(21)12-18-7-4-8-35-18/h1-11H,12-13H2,(H,30,34). The van der Waals surface area contributed by atoms with Gasteiger partial charge in [-0.05, 0) is 30.3 Å². The van der Waals surface area contributed by atoms with Crippen molar-refractivity contribution in [1.29, 1.82) is 0 Å². The Kier molecular flexibility index (Phi) is 7.11. The predicted molar refractivity (Wildman–Crippen MR) is 119 cm³/mol. The van der Waals surface area contributed by atoms with E-state index in [-0.39, 0.29) is 18.4 Å². The summed E-state index contributed by atoms with van der Waals surface area (Å²) in [6, 6.07) is 13.4. The minimum atomic E-state index is -5.02. The molecule has 0 aliphatic carbocycles. The van der Waals surface area contributed by atoms with Crippen molar-refractivity contribution < 1.29 is 35.6 Å². The number of nitrogens with zero attached hydrogens (tertiary/aromatic N) is 3. The van der Waals surface area contributed by atoms with Gasteiger partial charge >= 0.3 is 12.4 Å². The molecule has 0 aliphatic rings. The van der Waals surface area contributed by atoms with E-state index in [4.69, 9.17) is 4.42 Å². The van der Waals surface area contributed by atoms with Gasteiger partial charge in [-0.1, -0.05) is 42.1 Å². The number of rotatable bonds is 7. The Balaban J connectivity index is 1.54. The third kappa shape index (κ3) is 6.08. The van der Waals surface area contributed by atoms with Crippen LogP contribution in [0.25, 0.3) is 11.4 Å². The van der Waals surface area contributed by atoms with Crippen molar-refractivity contribution in [2.24, 2.45) is 0 Å². The fraction of sp³-hybridized carbons (Fsp3) is 0.174. The molecule has 0 atom stereocenters. The van der Waals surface area contributed by atoms with Crippen LogP contribution in [0.1, 0.15) is 16.9 Å². The van der Waals surface area contributed by atoms with Crippen molar-refractivity contribution >= 4 is 23.4 Å². The number of hydrogen-bond donors (Lipinski definition) is 1. The van der Waals surface area contributed by atoms with Gasteiger partial charge in [-0.25, -0.2) is 0 Å². The second-order valence-corrected chi connectivity index (χ2v) is 8.41. The average Bonchev–Trinajstić information content (AvgIpc) is 3.47. The summed E-state index contributed by atoms with van der Waals surface area (Å²) in [7, 11) is 0. The number of carbonyl (C=O) groups excluding carboxylic acids is 1. The molecule has 1 amide bonds. The Bertz CT molecular complexity index is 1300. The fourth-order valence-corrected chi connectivity index (χ4v) is 3.99. The number of aromatic nitrogens is 3. The van der Waals surface area contributed by atoms with Crippen LogP contribution < -0.4 is 5.32 Å². The lowest BCUT2D eigenvalue weighted by Crippen LogP contribution is -2.17. The molecule has 4 aromatic rings. The van der Waals surface area contributed by atoms with Crippen LogP contribution in [0.5, 0.6) is 0 Å². The molecule has 0 unspecified atom stereocenters. The van der Waals surface area contributed by atoms with E-state index in [9.17, 15) is 31.1 Å². The van der Waals surface area contributed by atoms with Gasteiger partial charge in [0.1, 0.15) is 5.76 Å². The van der Waals surface area contributed by atoms with Gasteiger partial charge in [0.05, 0.1) is 29.7 Å². The number of alkyl halides is 6. The highest BCUT2D eigenvalue weighted by atomic mass is 32.2. The zero-order valence-electron chi connectivity index (χ0n) is 18.1. The first kappa shape index (κ1) is 25.4. The van der Waals surface area contributed by atoms with Crippen molar-refractivity contribution in [3.05, 3.63) is 83.8 Å². The van der Waals surface area contributed by atoms with Crippen molar-refractivity contribution in [3.8, 4) is 11.4 Å². The number of carbonyl (C=O) groups is 1. The molecule has 4 rings (SSSR count). The van der Waals surface area contributed by atoms with Gasteiger partial charge in [0.15, 0.2) is 11.0 Å². The molecular formula is C23H16F6N4O2S. The van der Waals surface area contributed by atoms with Gasteiger partial charge in [-0.3, -0.25) is 9.36 Å². The Labute approximate surface area is 204 Å². The van der Waals surface area contributed by atoms with Crippen molar-refractivity contribution in [2.75, 3.05) is 11.1 Å². The number of nitrogens with one attached hydrogen (secondary N) is 1. The third-order valence-corrected chi connectivity index (χ3v) is 5.81. The van der Waals surface area contributed by atoms with E-state index >= 15 is 0 Å². The number of hydrogen-bond acceptors (Lipinski definition) is 5. The second-order valence-electron chi connectivity index (χ2n) is 7.47. The quantitative estimate of drug-likeness (QED) is 0.224. The first-order valence-corrected chi connectivity index (χ1v) is 11.2. The van der Waals surface area contributed by atoms with E-state index in [0.29, 0.717) is 28.9 Å². The van der Waals surface area contributed by atoms with Crippen molar-refractivity contribution in [2.45, 2.75) is 24.1 Å². The maximum absolute atomic E-state index is 13.1. The number of furan rings is 1. The lowest BCUT2D eigenvalue weighted by molar-refractivity contribution is -0.143. The van der Waals surface area contributed by atoms with Gasteiger partial charge in [-0.2, -0.15) is 26.3 Å². The monoisotopic (exact) mass is 526 g/mol. The highest BCUT2D eigenvalue weighted by Crippen LogP contribution is 2.37. The van der Waals surface area contributed by atoms with Crippen LogP contribution in [0.4, 0.5) is 32.0 Å². The van der Waals surface area contributed by atoms with E-state index in [1.807, 2.05) is 30.3 Å². The molecule has 188 valence electrons. The van der Waals surface area contributed by atoms with Crippen LogP contribution in [0.2, 0.25) is 0 Å². The second kappa shape index (κ2) is 10.1. The van der Waals surface area contributed by atoms with E-state index in [0.717, 1.165) is 17.3 Å². The summed E-state index contributed by atoms with van der Waals surface area (Å²) in [6.07, 6.45) is -8.55. The van der Waals surface area contributed by atoms with Crippen LogP contribution in [0.3, 0.4) is 0 Å². The molecule has 2 heterocycles. The number of halogens is 6. The number of anilines is 1. The first-order valence-electron chi connectivity index (χ1n) is 10.2. The molecule has 0 aliphatic heterocycles. The van der Waals surface area contributed by atoms with Gasteiger partial charge in [0.25, 0.3) is 0 Å². The zero-order chi connectivity index (χ0) is 25.9. The zero-order valence-corrected chi connectivity index (χ0v) is 18.9. The summed E-state index contributed by atoms with van der Waals surface area (Å²) in [5.41, 5.74) is -2.92. The summed E-state index contributed by atoms with van der Waals surface area (Å²) in [6.45, 7) is 0.233. The van der Waals surface area contributed by atoms with Gasteiger partial charge < -0.3 is 9.73 Å². The summed E-state index contributed by atoms with van der Waals surface area (Å²) < 4.78 is 85.5. The Morgan fingerprint density at radius 3 is 2.17 bits per heavy atom. The van der Waals surface area contributed by atoms with E-state index in [1.165, 1.54) is 6.26 Å². The average molecular weight is 526 g/mol. The largest absolute Gasteiger partial charge is 0.467 e. The molecule has 1 N–H and O–H groups in total. The Hall–Kier alpha value is -3.74. The molecule has 13 heteroatoms. The van der Waals surface area contributed by atoms with E-state index in [1.54, 1.807) is 16.7 Å². The summed E-state index contributed by atoms with van der Waals surface area (Å²) >= 11 is 0.922. The molecule has 0 spiro atoms. The number of thioether (sulfide) groups is 1. The lowest BCUT2D eigenvalue weighted by Gasteiger charge is -2.14. The molecule has 0 fully saturated rings. The maximum Gasteiger partial charge on any atom is 0.416 e. The maximum atomic E-state index is 13.1. The molecular weight excluding hydrogens is 510 g/mol. The van der Waals surface area contributed by atoms with Crippen LogP contribution in [0.15, 0.2) is 76.5 Å². The van der Waals surface area contributed by atoms with Crippen molar-refractivity contribution in [3.63, 3.8) is 0 Å². The molecule has 2 aromatic heterocycles. The molecule has 0 bridgehead atoms. The lowest BCUT2D eigenvalue weighted by atomic mass is 10.1. The summed E-state index contributed by atoms with van der Waals surface area (Å²) in [5, 5.41) is 10.7. The SMILES string of the molecule is O=C(CSc1nnc(-c2ccccc2)n1Cc1ccco1)Nc1cc(C(F)(F)F)cc(C(F)(F)F)c1. The Morgan fingerprint density at radius 1 is 0.917 bits per heavy atom. The number of benzene rings is 2. The van der Waals surface area contributed by atoms with Gasteiger partial charge in [0, 0.05) is 11.3 Å². The topological polar surface area (TPSA) is 73.0 Å². The van der Waals surface area contributed by atoms with E-state index in [2.05, 4.69) is 15.5 Å². The molecule has 2 aromatic carbocycles. The normalized spacial score (nSPS) is 12.1. The van der Waals surface area contributed by atoms with Gasteiger partial charge in [0.2, 0.25) is 5.91 Å². The van der Waals surface area contributed by atoms with Crippen LogP contribution in [-0.4, -0.2) is 26.4 Å². The Morgan fingerprint density at radius 2 is 1.58 bits per heavy atom. The molecule has 0 saturated carbocycles. The fourth-order valence-electron chi connectivity index (χ4n) is 3.25. The van der Waals surface area contributed by atoms with Crippen LogP contribution in [0, 0.1) is 0 Å². The molecule has 0 radical (unpaired) electrons. The molecule has 6 nitrogen and oxygen atoms in total. The number of amides is 1. The predicted octanol–water partition coefficient (Wildman–Crippen LogP) is 6.35. The van der Waals surface area contributed by atoms with Crippen molar-refractivity contribution in [1.82, 2.24) is 14.8 Å². The summed E-state index contributed by atoms with van der Waals surface area (Å²) in [4.78, 5) is 12.4.